The third kappa shape index (κ3) is 4.84. The van der Waals surface area contributed by atoms with Gasteiger partial charge in [-0.2, -0.15) is 5.26 Å². The number of benzene rings is 1. The van der Waals surface area contributed by atoms with Crippen LogP contribution in [0.3, 0.4) is 0 Å². The Morgan fingerprint density at radius 2 is 2.20 bits per heavy atom. The smallest absolute Gasteiger partial charge is 0.315 e. The van der Waals surface area contributed by atoms with Gasteiger partial charge in [0.2, 0.25) is 10.0 Å². The molecule has 0 radical (unpaired) electrons. The summed E-state index contributed by atoms with van der Waals surface area (Å²) in [5.74, 6) is -0.898. The number of rotatable bonds is 5. The van der Waals surface area contributed by atoms with Gasteiger partial charge in [0.1, 0.15) is 0 Å². The Labute approximate surface area is 152 Å². The number of halogens is 1. The van der Waals surface area contributed by atoms with E-state index >= 15 is 0 Å². The minimum atomic E-state index is -3.36. The highest BCUT2D eigenvalue weighted by Crippen LogP contribution is 2.37. The van der Waals surface area contributed by atoms with E-state index in [2.05, 4.69) is 0 Å². The molecule has 2 rings (SSSR count). The van der Waals surface area contributed by atoms with Crippen molar-refractivity contribution in [2.45, 2.75) is 19.8 Å². The van der Waals surface area contributed by atoms with E-state index in [-0.39, 0.29) is 28.6 Å². The zero-order valence-electron chi connectivity index (χ0n) is 14.0. The molecule has 136 valence electrons. The van der Waals surface area contributed by atoms with Crippen LogP contribution in [0.1, 0.15) is 25.3 Å². The molecule has 9 heteroatoms. The number of ether oxygens (including phenoxy) is 2. The largest absolute Gasteiger partial charge is 0.490 e. The Morgan fingerprint density at radius 1 is 1.48 bits per heavy atom. The lowest BCUT2D eigenvalue weighted by Gasteiger charge is -2.29. The first-order valence-corrected chi connectivity index (χ1v) is 10.0. The summed E-state index contributed by atoms with van der Waals surface area (Å²) in [5, 5.41) is 9.09. The second-order valence-electron chi connectivity index (χ2n) is 5.71. The molecule has 0 aliphatic carbocycles. The molecule has 0 aromatic heterocycles. The molecule has 0 saturated carbocycles. The maximum atomic E-state index is 12.5. The molecule has 1 saturated heterocycles. The molecule has 7 nitrogen and oxygen atoms in total. The number of carbonyl (C=O) groups is 1. The predicted octanol–water partition coefficient (Wildman–Crippen LogP) is 2.19. The van der Waals surface area contributed by atoms with Gasteiger partial charge < -0.3 is 9.47 Å². The van der Waals surface area contributed by atoms with Crippen molar-refractivity contribution in [3.05, 3.63) is 22.7 Å². The summed E-state index contributed by atoms with van der Waals surface area (Å²) >= 11 is 6.12. The lowest BCUT2D eigenvalue weighted by molar-refractivity contribution is -0.140. The van der Waals surface area contributed by atoms with E-state index in [1.165, 1.54) is 16.4 Å². The van der Waals surface area contributed by atoms with Crippen LogP contribution in [0.4, 0.5) is 0 Å². The molecule has 0 bridgehead atoms. The summed E-state index contributed by atoms with van der Waals surface area (Å²) in [7, 11) is -3.36. The first kappa shape index (κ1) is 19.5. The van der Waals surface area contributed by atoms with Gasteiger partial charge in [-0.05, 0) is 25.8 Å². The van der Waals surface area contributed by atoms with Gasteiger partial charge >= 0.3 is 5.97 Å². The first-order chi connectivity index (χ1) is 11.8. The summed E-state index contributed by atoms with van der Waals surface area (Å²) in [6, 6.07) is 4.79. The van der Waals surface area contributed by atoms with Crippen LogP contribution in [0, 0.1) is 17.2 Å². The van der Waals surface area contributed by atoms with E-state index in [4.69, 9.17) is 26.3 Å². The average molecular weight is 387 g/mol. The van der Waals surface area contributed by atoms with Crippen LogP contribution in [0.5, 0.6) is 11.5 Å². The van der Waals surface area contributed by atoms with E-state index in [1.54, 1.807) is 6.92 Å². The second kappa shape index (κ2) is 8.04. The number of nitrogens with zero attached hydrogens (tertiary/aromatic N) is 2. The minimum absolute atomic E-state index is 0.0454. The molecule has 1 fully saturated rings. The average Bonchev–Trinajstić information content (AvgIpc) is 2.57. The number of carbonyl (C=O) groups excluding carboxylic acids is 1. The van der Waals surface area contributed by atoms with Gasteiger partial charge in [0.15, 0.2) is 11.5 Å². The number of nitriles is 1. The molecule has 1 aromatic carbocycles. The molecule has 1 aliphatic rings. The van der Waals surface area contributed by atoms with Gasteiger partial charge in [-0.1, -0.05) is 11.6 Å². The van der Waals surface area contributed by atoms with Crippen molar-refractivity contribution >= 4 is 27.6 Å². The molecule has 0 N–H and O–H groups in total. The number of esters is 1. The third-order valence-electron chi connectivity index (χ3n) is 3.83. The quantitative estimate of drug-likeness (QED) is 0.568. The Hall–Kier alpha value is -1.82. The van der Waals surface area contributed by atoms with Crippen molar-refractivity contribution in [1.82, 2.24) is 4.31 Å². The zero-order valence-corrected chi connectivity index (χ0v) is 15.6. The van der Waals surface area contributed by atoms with Gasteiger partial charge in [0, 0.05) is 19.2 Å². The van der Waals surface area contributed by atoms with Gasteiger partial charge in [-0.25, -0.2) is 12.7 Å². The Balaban J connectivity index is 2.21. The van der Waals surface area contributed by atoms with Crippen molar-refractivity contribution in [2.24, 2.45) is 5.92 Å². The highest BCUT2D eigenvalue weighted by molar-refractivity contribution is 7.88. The topological polar surface area (TPSA) is 96.7 Å². The predicted molar refractivity (Wildman–Crippen MR) is 92.1 cm³/mol. The SMILES string of the molecule is CCOc1cc(C#N)cc(Cl)c1OC(=O)C1CCCN(S(C)(=O)=O)C1. The van der Waals surface area contributed by atoms with E-state index in [1.807, 2.05) is 6.07 Å². The summed E-state index contributed by atoms with van der Waals surface area (Å²) in [6.45, 7) is 2.53. The number of sulfonamides is 1. The zero-order chi connectivity index (χ0) is 18.6. The molecular weight excluding hydrogens is 368 g/mol. The molecule has 1 atom stereocenters. The monoisotopic (exact) mass is 386 g/mol. The Kier molecular flexibility index (Phi) is 6.27. The fraction of sp³-hybridized carbons (Fsp3) is 0.500. The molecule has 1 aliphatic heterocycles. The van der Waals surface area contributed by atoms with Crippen molar-refractivity contribution in [3.63, 3.8) is 0 Å². The molecule has 0 spiro atoms. The molecular formula is C16H19ClN2O5S. The van der Waals surface area contributed by atoms with Gasteiger partial charge in [-0.15, -0.1) is 0 Å². The summed E-state index contributed by atoms with van der Waals surface area (Å²) in [4.78, 5) is 12.5. The van der Waals surface area contributed by atoms with Gasteiger partial charge in [-0.3, -0.25) is 4.79 Å². The lowest BCUT2D eigenvalue weighted by atomic mass is 10.00. The van der Waals surface area contributed by atoms with Gasteiger partial charge in [0.05, 0.1) is 35.4 Å². The van der Waals surface area contributed by atoms with Crippen molar-refractivity contribution in [2.75, 3.05) is 26.0 Å². The maximum Gasteiger partial charge on any atom is 0.315 e. The van der Waals surface area contributed by atoms with Crippen LogP contribution >= 0.6 is 11.6 Å². The maximum absolute atomic E-state index is 12.5. The van der Waals surface area contributed by atoms with Crippen molar-refractivity contribution in [3.8, 4) is 17.6 Å². The van der Waals surface area contributed by atoms with Crippen LogP contribution < -0.4 is 9.47 Å². The first-order valence-electron chi connectivity index (χ1n) is 7.79. The van der Waals surface area contributed by atoms with E-state index in [0.29, 0.717) is 26.0 Å². The highest BCUT2D eigenvalue weighted by atomic mass is 35.5. The number of hydrogen-bond acceptors (Lipinski definition) is 6. The number of hydrogen-bond donors (Lipinski definition) is 0. The molecule has 1 aromatic rings. The Bertz CT molecular complexity index is 803. The summed E-state index contributed by atoms with van der Waals surface area (Å²) in [6.07, 6.45) is 2.22. The van der Waals surface area contributed by atoms with E-state index in [0.717, 1.165) is 6.26 Å². The minimum Gasteiger partial charge on any atom is -0.490 e. The van der Waals surface area contributed by atoms with E-state index < -0.39 is 21.9 Å². The standard InChI is InChI=1S/C16H19ClN2O5S/c1-3-23-14-8-11(9-18)7-13(17)15(14)24-16(20)12-5-4-6-19(10-12)25(2,21)22/h7-8,12H,3-6,10H2,1-2H3. The van der Waals surface area contributed by atoms with E-state index in [9.17, 15) is 13.2 Å². The lowest BCUT2D eigenvalue weighted by Crippen LogP contribution is -2.42. The fourth-order valence-electron chi connectivity index (χ4n) is 2.61. The molecule has 0 amide bonds. The number of piperidine rings is 1. The van der Waals surface area contributed by atoms with Gasteiger partial charge in [0.25, 0.3) is 0 Å². The molecule has 25 heavy (non-hydrogen) atoms. The van der Waals surface area contributed by atoms with Crippen LogP contribution in [0.25, 0.3) is 0 Å². The van der Waals surface area contributed by atoms with Crippen LogP contribution in [0.2, 0.25) is 5.02 Å². The summed E-state index contributed by atoms with van der Waals surface area (Å²) < 4.78 is 35.4. The molecule has 1 unspecified atom stereocenters. The highest BCUT2D eigenvalue weighted by Gasteiger charge is 2.32. The van der Waals surface area contributed by atoms with Crippen LogP contribution in [0.15, 0.2) is 12.1 Å². The van der Waals surface area contributed by atoms with Crippen LogP contribution in [-0.2, 0) is 14.8 Å². The third-order valence-corrected chi connectivity index (χ3v) is 5.38. The van der Waals surface area contributed by atoms with Crippen molar-refractivity contribution < 1.29 is 22.7 Å². The second-order valence-corrected chi connectivity index (χ2v) is 8.10. The fourth-order valence-corrected chi connectivity index (χ4v) is 3.78. The van der Waals surface area contributed by atoms with Crippen LogP contribution in [-0.4, -0.2) is 44.6 Å². The van der Waals surface area contributed by atoms with Crippen molar-refractivity contribution in [1.29, 1.82) is 5.26 Å². The normalized spacial score (nSPS) is 18.4. The molecule has 1 heterocycles. The summed E-state index contributed by atoms with van der Waals surface area (Å²) in [5.41, 5.74) is 0.286. The Morgan fingerprint density at radius 3 is 2.80 bits per heavy atom.